The molecule has 2 N–H and O–H groups in total. The first-order chi connectivity index (χ1) is 9.56. The molecule has 0 unspecified atom stereocenters. The Hall–Kier alpha value is -1.60. The van der Waals surface area contributed by atoms with Crippen LogP contribution in [-0.4, -0.2) is 23.5 Å². The van der Waals surface area contributed by atoms with Crippen LogP contribution >= 0.6 is 27.3 Å². The smallest absolute Gasteiger partial charge is 0.355 e. The molecular weight excluding hydrogens is 344 g/mol. The molecule has 0 aliphatic rings. The summed E-state index contributed by atoms with van der Waals surface area (Å²) in [6.45, 7) is 1.58. The van der Waals surface area contributed by atoms with E-state index >= 15 is 0 Å². The Balaban J connectivity index is 1.79. The molecule has 0 bridgehead atoms. The number of nitrogens with one attached hydrogen (secondary N) is 2. The van der Waals surface area contributed by atoms with Gasteiger partial charge in [0.1, 0.15) is 5.69 Å². The third-order valence-corrected chi connectivity index (χ3v) is 4.06. The largest absolute Gasteiger partial charge is 0.451 e. The quantitative estimate of drug-likeness (QED) is 0.809. The molecule has 2 heterocycles. The molecule has 0 spiro atoms. The number of hydrogen-bond acceptors (Lipinski definition) is 4. The number of aromatic nitrogens is 1. The van der Waals surface area contributed by atoms with Crippen molar-refractivity contribution in [1.82, 2.24) is 10.3 Å². The Morgan fingerprint density at radius 1 is 1.55 bits per heavy atom. The van der Waals surface area contributed by atoms with Crippen LogP contribution in [0.15, 0.2) is 34.2 Å². The molecule has 2 aromatic rings. The van der Waals surface area contributed by atoms with Crippen molar-refractivity contribution in [2.24, 2.45) is 0 Å². The maximum atomic E-state index is 11.7. The molecule has 0 aliphatic carbocycles. The van der Waals surface area contributed by atoms with Crippen LogP contribution in [0.3, 0.4) is 0 Å². The van der Waals surface area contributed by atoms with Gasteiger partial charge in [-0.2, -0.15) is 0 Å². The minimum atomic E-state index is -0.561. The molecular formula is C13H13BrN2O3S. The number of amides is 1. The third-order valence-electron chi connectivity index (χ3n) is 2.55. The van der Waals surface area contributed by atoms with Crippen LogP contribution in [0.1, 0.15) is 28.3 Å². The fourth-order valence-corrected chi connectivity index (χ4v) is 2.66. The van der Waals surface area contributed by atoms with Crippen LogP contribution in [0.5, 0.6) is 0 Å². The number of rotatable bonds is 5. The van der Waals surface area contributed by atoms with Crippen LogP contribution in [0.4, 0.5) is 0 Å². The monoisotopic (exact) mass is 356 g/mol. The normalized spacial score (nSPS) is 11.9. The summed E-state index contributed by atoms with van der Waals surface area (Å²) in [6.07, 6.45) is 1.62. The number of esters is 1. The molecule has 0 saturated heterocycles. The summed E-state index contributed by atoms with van der Waals surface area (Å²) in [5.74, 6) is -0.889. The second-order valence-corrected chi connectivity index (χ2v) is 6.01. The lowest BCUT2D eigenvalue weighted by Gasteiger charge is -2.12. The molecule has 7 heteroatoms. The second-order valence-electron chi connectivity index (χ2n) is 4.11. The van der Waals surface area contributed by atoms with E-state index in [1.807, 2.05) is 24.4 Å². The van der Waals surface area contributed by atoms with Crippen LogP contribution in [-0.2, 0) is 9.53 Å². The van der Waals surface area contributed by atoms with Gasteiger partial charge < -0.3 is 15.0 Å². The van der Waals surface area contributed by atoms with Crippen molar-refractivity contribution < 1.29 is 14.3 Å². The minimum Gasteiger partial charge on any atom is -0.451 e. The number of thiophene rings is 1. The maximum Gasteiger partial charge on any atom is 0.355 e. The van der Waals surface area contributed by atoms with E-state index < -0.39 is 5.97 Å². The zero-order chi connectivity index (χ0) is 14.5. The molecule has 5 nitrogen and oxygen atoms in total. The highest BCUT2D eigenvalue weighted by Gasteiger charge is 2.14. The SMILES string of the molecule is C[C@H](NC(=O)COC(=O)c1cc(Br)c[nH]1)c1cccs1. The standard InChI is InChI=1S/C13H13BrN2O3S/c1-8(11-3-2-4-20-11)16-12(17)7-19-13(18)10-5-9(14)6-15-10/h2-6,8,15H,7H2,1H3,(H,16,17)/t8-/m0/s1. The lowest BCUT2D eigenvalue weighted by Crippen LogP contribution is -2.30. The summed E-state index contributed by atoms with van der Waals surface area (Å²) in [7, 11) is 0. The third kappa shape index (κ3) is 3.94. The van der Waals surface area contributed by atoms with E-state index in [2.05, 4.69) is 26.2 Å². The maximum absolute atomic E-state index is 11.7. The van der Waals surface area contributed by atoms with E-state index in [0.717, 1.165) is 9.35 Å². The molecule has 0 aliphatic heterocycles. The molecule has 20 heavy (non-hydrogen) atoms. The molecule has 0 fully saturated rings. The van der Waals surface area contributed by atoms with E-state index in [-0.39, 0.29) is 18.6 Å². The fourth-order valence-electron chi connectivity index (χ4n) is 1.59. The summed E-state index contributed by atoms with van der Waals surface area (Å²) < 4.78 is 5.67. The molecule has 2 aromatic heterocycles. The van der Waals surface area contributed by atoms with Crippen LogP contribution < -0.4 is 5.32 Å². The van der Waals surface area contributed by atoms with Gasteiger partial charge in [0.05, 0.1) is 6.04 Å². The second kappa shape index (κ2) is 6.71. The average molecular weight is 357 g/mol. The predicted molar refractivity (Wildman–Crippen MR) is 79.7 cm³/mol. The van der Waals surface area contributed by atoms with Crippen molar-refractivity contribution in [2.75, 3.05) is 6.61 Å². The first-order valence-corrected chi connectivity index (χ1v) is 7.57. The number of H-pyrrole nitrogens is 1. The molecule has 0 aromatic carbocycles. The van der Waals surface area contributed by atoms with Gasteiger partial charge in [-0.25, -0.2) is 4.79 Å². The van der Waals surface area contributed by atoms with Gasteiger partial charge in [0.25, 0.3) is 5.91 Å². The van der Waals surface area contributed by atoms with Gasteiger partial charge in [-0.05, 0) is 40.4 Å². The van der Waals surface area contributed by atoms with Crippen molar-refractivity contribution >= 4 is 39.1 Å². The summed E-state index contributed by atoms with van der Waals surface area (Å²) in [4.78, 5) is 27.1. The average Bonchev–Trinajstić information content (AvgIpc) is 3.06. The molecule has 1 amide bonds. The highest BCUT2D eigenvalue weighted by Crippen LogP contribution is 2.17. The van der Waals surface area contributed by atoms with Gasteiger partial charge in [0.15, 0.2) is 6.61 Å². The van der Waals surface area contributed by atoms with Crippen molar-refractivity contribution in [1.29, 1.82) is 0 Å². The minimum absolute atomic E-state index is 0.0964. The molecule has 106 valence electrons. The molecule has 0 radical (unpaired) electrons. The highest BCUT2D eigenvalue weighted by atomic mass is 79.9. The number of carbonyl (C=O) groups excluding carboxylic acids is 2. The topological polar surface area (TPSA) is 71.2 Å². The lowest BCUT2D eigenvalue weighted by molar-refractivity contribution is -0.124. The number of carbonyl (C=O) groups is 2. The summed E-state index contributed by atoms with van der Waals surface area (Å²) in [6, 6.07) is 5.36. The van der Waals surface area contributed by atoms with Crippen molar-refractivity contribution in [3.8, 4) is 0 Å². The van der Waals surface area contributed by atoms with Crippen LogP contribution in [0.2, 0.25) is 0 Å². The fraction of sp³-hybridized carbons (Fsp3) is 0.231. The first-order valence-electron chi connectivity index (χ1n) is 5.90. The molecule has 0 saturated carbocycles. The zero-order valence-corrected chi connectivity index (χ0v) is 13.1. The first kappa shape index (κ1) is 14.8. The van der Waals surface area contributed by atoms with Gasteiger partial charge in [-0.1, -0.05) is 6.07 Å². The van der Waals surface area contributed by atoms with Crippen LogP contribution in [0.25, 0.3) is 0 Å². The van der Waals surface area contributed by atoms with E-state index in [4.69, 9.17) is 4.74 Å². The predicted octanol–water partition coefficient (Wildman–Crippen LogP) is 2.87. The zero-order valence-electron chi connectivity index (χ0n) is 10.7. The van der Waals surface area contributed by atoms with Crippen molar-refractivity contribution in [3.63, 3.8) is 0 Å². The Morgan fingerprint density at radius 2 is 2.35 bits per heavy atom. The molecule has 2 rings (SSSR count). The Kier molecular flexibility index (Phi) is 4.97. The van der Waals surface area contributed by atoms with E-state index in [1.54, 1.807) is 23.6 Å². The van der Waals surface area contributed by atoms with Gasteiger partial charge in [0, 0.05) is 15.5 Å². The van der Waals surface area contributed by atoms with Gasteiger partial charge in [-0.15, -0.1) is 11.3 Å². The Labute approximate surface area is 128 Å². The van der Waals surface area contributed by atoms with Gasteiger partial charge in [0.2, 0.25) is 0 Å². The summed E-state index contributed by atoms with van der Waals surface area (Å²) >= 11 is 4.78. The Morgan fingerprint density at radius 3 is 2.95 bits per heavy atom. The van der Waals surface area contributed by atoms with Crippen LogP contribution in [0, 0.1) is 0 Å². The van der Waals surface area contributed by atoms with Crippen molar-refractivity contribution in [2.45, 2.75) is 13.0 Å². The highest BCUT2D eigenvalue weighted by molar-refractivity contribution is 9.10. The Bertz CT molecular complexity index is 595. The number of aromatic amines is 1. The summed E-state index contributed by atoms with van der Waals surface area (Å²) in [5.41, 5.74) is 0.302. The molecule has 1 atom stereocenters. The van der Waals surface area contributed by atoms with E-state index in [0.29, 0.717) is 5.69 Å². The number of hydrogen-bond donors (Lipinski definition) is 2. The van der Waals surface area contributed by atoms with E-state index in [1.165, 1.54) is 0 Å². The summed E-state index contributed by atoms with van der Waals surface area (Å²) in [5, 5.41) is 4.71. The van der Waals surface area contributed by atoms with Crippen molar-refractivity contribution in [3.05, 3.63) is 44.8 Å². The van der Waals surface area contributed by atoms with Gasteiger partial charge in [-0.3, -0.25) is 4.79 Å². The number of halogens is 1. The van der Waals surface area contributed by atoms with Gasteiger partial charge >= 0.3 is 5.97 Å². The number of ether oxygens (including phenoxy) is 1. The van der Waals surface area contributed by atoms with E-state index in [9.17, 15) is 9.59 Å². The lowest BCUT2D eigenvalue weighted by atomic mass is 10.3.